The average Bonchev–Trinajstić information content (AvgIpc) is 2.55. The Kier molecular flexibility index (Phi) is 4.80. The molecule has 116 valence electrons. The third-order valence-electron chi connectivity index (χ3n) is 3.21. The Morgan fingerprint density at radius 1 is 1.09 bits per heavy atom. The highest BCUT2D eigenvalue weighted by molar-refractivity contribution is 9.10. The van der Waals surface area contributed by atoms with Crippen molar-refractivity contribution in [3.8, 4) is 11.5 Å². The number of pyridine rings is 1. The van der Waals surface area contributed by atoms with Crippen LogP contribution in [0.25, 0.3) is 10.9 Å². The van der Waals surface area contributed by atoms with Crippen LogP contribution in [0.3, 0.4) is 0 Å². The Hall–Kier alpha value is -2.09. The van der Waals surface area contributed by atoms with Crippen LogP contribution in [-0.4, -0.2) is 22.4 Å². The molecule has 0 fully saturated rings. The summed E-state index contributed by atoms with van der Waals surface area (Å²) in [5, 5.41) is 19.0. The molecule has 2 aromatic carbocycles. The highest BCUT2D eigenvalue weighted by Gasteiger charge is 2.19. The molecule has 0 aliphatic rings. The highest BCUT2D eigenvalue weighted by Crippen LogP contribution is 2.36. The smallest absolute Gasteiger partial charge is 0.509 e. The number of ether oxygens (including phenoxy) is 1. The first-order valence-corrected chi connectivity index (χ1v) is 7.70. The van der Waals surface area contributed by atoms with E-state index in [1.165, 1.54) is 0 Å². The molecule has 1 aromatic heterocycles. The van der Waals surface area contributed by atoms with Crippen LogP contribution >= 0.6 is 15.9 Å². The lowest BCUT2D eigenvalue weighted by Crippen LogP contribution is -2.21. The lowest BCUT2D eigenvalue weighted by molar-refractivity contribution is 0.264. The van der Waals surface area contributed by atoms with Crippen LogP contribution in [0.1, 0.15) is 5.56 Å². The first-order chi connectivity index (χ1) is 11.1. The molecule has 2 N–H and O–H groups in total. The minimum absolute atomic E-state index is 0.238. The zero-order valence-electron chi connectivity index (χ0n) is 12.0. The van der Waals surface area contributed by atoms with E-state index < -0.39 is 7.32 Å². The lowest BCUT2D eigenvalue weighted by Gasteiger charge is -2.15. The van der Waals surface area contributed by atoms with Crippen LogP contribution in [0, 0.1) is 0 Å². The number of fused-ring (bicyclic) bond motifs is 1. The highest BCUT2D eigenvalue weighted by atomic mass is 79.9. The fourth-order valence-corrected chi connectivity index (χ4v) is 2.53. The van der Waals surface area contributed by atoms with Gasteiger partial charge in [-0.3, -0.25) is 4.98 Å². The van der Waals surface area contributed by atoms with Gasteiger partial charge >= 0.3 is 7.32 Å². The molecule has 0 aliphatic carbocycles. The summed E-state index contributed by atoms with van der Waals surface area (Å²) in [5.41, 5.74) is 1.66. The van der Waals surface area contributed by atoms with Crippen molar-refractivity contribution in [2.75, 3.05) is 0 Å². The van der Waals surface area contributed by atoms with E-state index in [0.717, 1.165) is 10.0 Å². The summed E-state index contributed by atoms with van der Waals surface area (Å²) in [4.78, 5) is 4.26. The Morgan fingerprint density at radius 2 is 1.87 bits per heavy atom. The van der Waals surface area contributed by atoms with Gasteiger partial charge in [-0.1, -0.05) is 30.3 Å². The molecular weight excluding hydrogens is 361 g/mol. The zero-order chi connectivity index (χ0) is 16.2. The number of halogens is 1. The molecule has 1 heterocycles. The average molecular weight is 374 g/mol. The molecule has 0 saturated carbocycles. The van der Waals surface area contributed by atoms with E-state index in [0.29, 0.717) is 23.3 Å². The second-order valence-corrected chi connectivity index (χ2v) is 5.75. The number of rotatable bonds is 5. The van der Waals surface area contributed by atoms with Gasteiger partial charge in [0, 0.05) is 16.1 Å². The number of benzene rings is 2. The molecular formula is C16H13BBrNO4. The van der Waals surface area contributed by atoms with Crippen LogP contribution < -0.4 is 9.39 Å². The van der Waals surface area contributed by atoms with Gasteiger partial charge in [-0.25, -0.2) is 0 Å². The normalized spacial score (nSPS) is 10.6. The molecule has 0 saturated heterocycles. The summed E-state index contributed by atoms with van der Waals surface area (Å²) >= 11 is 3.35. The minimum Gasteiger partial charge on any atom is -0.509 e. The molecule has 23 heavy (non-hydrogen) atoms. The van der Waals surface area contributed by atoms with Crippen molar-refractivity contribution in [1.29, 1.82) is 0 Å². The van der Waals surface area contributed by atoms with Crippen LogP contribution in [0.4, 0.5) is 0 Å². The number of aromatic nitrogens is 1. The van der Waals surface area contributed by atoms with Gasteiger partial charge < -0.3 is 19.4 Å². The Labute approximate surface area is 141 Å². The summed E-state index contributed by atoms with van der Waals surface area (Å²) in [5.74, 6) is 0.650. The Morgan fingerprint density at radius 3 is 2.61 bits per heavy atom. The summed E-state index contributed by atoms with van der Waals surface area (Å²) in [6.45, 7) is 0.339. The lowest BCUT2D eigenvalue weighted by atomic mass is 10.1. The minimum atomic E-state index is -1.95. The molecule has 0 bridgehead atoms. The molecule has 0 amide bonds. The maximum absolute atomic E-state index is 9.19. The van der Waals surface area contributed by atoms with Crippen LogP contribution in [-0.2, 0) is 6.61 Å². The molecule has 7 heteroatoms. The second kappa shape index (κ2) is 7.00. The van der Waals surface area contributed by atoms with E-state index in [4.69, 9.17) is 9.39 Å². The molecule has 3 rings (SSSR count). The Bertz CT molecular complexity index is 814. The maximum atomic E-state index is 9.19. The maximum Gasteiger partial charge on any atom is 0.707 e. The molecule has 0 aliphatic heterocycles. The van der Waals surface area contributed by atoms with Crippen molar-refractivity contribution < 1.29 is 19.4 Å². The first-order valence-electron chi connectivity index (χ1n) is 6.91. The van der Waals surface area contributed by atoms with Crippen molar-refractivity contribution in [1.82, 2.24) is 4.98 Å². The van der Waals surface area contributed by atoms with E-state index in [-0.39, 0.29) is 5.75 Å². The van der Waals surface area contributed by atoms with Crippen molar-refractivity contribution in [2.24, 2.45) is 0 Å². The Balaban J connectivity index is 1.97. The van der Waals surface area contributed by atoms with Gasteiger partial charge in [0.15, 0.2) is 11.5 Å². The topological polar surface area (TPSA) is 71.8 Å². The number of hydrogen-bond acceptors (Lipinski definition) is 5. The monoisotopic (exact) mass is 373 g/mol. The fraction of sp³-hybridized carbons (Fsp3) is 0.0625. The van der Waals surface area contributed by atoms with Crippen molar-refractivity contribution >= 4 is 34.2 Å². The number of nitrogens with zero attached hydrogens (tertiary/aromatic N) is 1. The standard InChI is InChI=1S/C16H13BBrNO4/c18-12-8-13-14(19-9-12)6-7-15(16(13)23-17(20)21)22-10-11-4-2-1-3-5-11/h1-9,20-21H,10H2. The third kappa shape index (κ3) is 3.82. The molecule has 0 radical (unpaired) electrons. The van der Waals surface area contributed by atoms with E-state index in [1.807, 2.05) is 30.3 Å². The van der Waals surface area contributed by atoms with Gasteiger partial charge in [0.05, 0.1) is 5.52 Å². The van der Waals surface area contributed by atoms with Gasteiger partial charge in [0.2, 0.25) is 0 Å². The van der Waals surface area contributed by atoms with E-state index in [2.05, 4.69) is 20.9 Å². The summed E-state index contributed by atoms with van der Waals surface area (Å²) in [6, 6.07) is 14.9. The second-order valence-electron chi connectivity index (χ2n) is 4.83. The summed E-state index contributed by atoms with van der Waals surface area (Å²) < 4.78 is 11.7. The number of hydrogen-bond donors (Lipinski definition) is 2. The summed E-state index contributed by atoms with van der Waals surface area (Å²) in [7, 11) is -1.95. The van der Waals surface area contributed by atoms with Gasteiger partial charge in [0.1, 0.15) is 6.61 Å². The predicted octanol–water partition coefficient (Wildman–Crippen LogP) is 2.92. The largest absolute Gasteiger partial charge is 0.707 e. The van der Waals surface area contributed by atoms with Crippen LogP contribution in [0.15, 0.2) is 59.2 Å². The fourth-order valence-electron chi connectivity index (χ4n) is 2.20. The molecule has 5 nitrogen and oxygen atoms in total. The van der Waals surface area contributed by atoms with Gasteiger partial charge in [-0.05, 0) is 39.7 Å². The van der Waals surface area contributed by atoms with Crippen LogP contribution in [0.5, 0.6) is 11.5 Å². The van der Waals surface area contributed by atoms with E-state index in [9.17, 15) is 10.0 Å². The molecule has 0 spiro atoms. The van der Waals surface area contributed by atoms with Gasteiger partial charge in [-0.15, -0.1) is 0 Å². The van der Waals surface area contributed by atoms with Crippen LogP contribution in [0.2, 0.25) is 0 Å². The SMILES string of the molecule is OB(O)Oc1c(OCc2ccccc2)ccc2ncc(Br)cc12. The van der Waals surface area contributed by atoms with Gasteiger partial charge in [-0.2, -0.15) is 0 Å². The summed E-state index contributed by atoms with van der Waals surface area (Å²) in [6.07, 6.45) is 1.66. The van der Waals surface area contributed by atoms with E-state index in [1.54, 1.807) is 24.4 Å². The first kappa shape index (κ1) is 15.8. The molecule has 0 unspecified atom stereocenters. The predicted molar refractivity (Wildman–Crippen MR) is 91.0 cm³/mol. The molecule has 3 aromatic rings. The van der Waals surface area contributed by atoms with Crippen molar-refractivity contribution in [3.05, 3.63) is 64.8 Å². The third-order valence-corrected chi connectivity index (χ3v) is 3.64. The van der Waals surface area contributed by atoms with Crippen molar-refractivity contribution in [2.45, 2.75) is 6.61 Å². The molecule has 0 atom stereocenters. The zero-order valence-corrected chi connectivity index (χ0v) is 13.6. The van der Waals surface area contributed by atoms with E-state index >= 15 is 0 Å². The quantitative estimate of drug-likeness (QED) is 0.673. The van der Waals surface area contributed by atoms with Crippen molar-refractivity contribution in [3.63, 3.8) is 0 Å². The van der Waals surface area contributed by atoms with Gasteiger partial charge in [0.25, 0.3) is 0 Å².